The lowest BCUT2D eigenvalue weighted by Crippen LogP contribution is -2.14. The number of aryl methyl sites for hydroxylation is 2. The molecule has 0 aromatic carbocycles. The van der Waals surface area contributed by atoms with Crippen molar-refractivity contribution in [2.75, 3.05) is 7.11 Å². The fourth-order valence-corrected chi connectivity index (χ4v) is 1.85. The van der Waals surface area contributed by atoms with E-state index in [4.69, 9.17) is 5.73 Å². The molecule has 1 heterocycles. The number of nitrogens with two attached hydrogens (primary N) is 1. The number of esters is 1. The van der Waals surface area contributed by atoms with Crippen LogP contribution in [-0.2, 0) is 16.6 Å². The monoisotopic (exact) mass is 225 g/mol. The van der Waals surface area contributed by atoms with E-state index in [0.717, 1.165) is 17.0 Å². The molecular formula is C11H19N3O2. The van der Waals surface area contributed by atoms with Crippen molar-refractivity contribution in [3.8, 4) is 0 Å². The molecule has 1 atom stereocenters. The summed E-state index contributed by atoms with van der Waals surface area (Å²) in [6.45, 7) is 3.91. The maximum Gasteiger partial charge on any atom is 0.305 e. The van der Waals surface area contributed by atoms with Crippen LogP contribution in [0.2, 0.25) is 0 Å². The number of hydrogen-bond acceptors (Lipinski definition) is 4. The van der Waals surface area contributed by atoms with E-state index in [1.165, 1.54) is 7.11 Å². The van der Waals surface area contributed by atoms with Crippen LogP contribution in [-0.4, -0.2) is 22.9 Å². The molecule has 0 saturated carbocycles. The van der Waals surface area contributed by atoms with Gasteiger partial charge in [-0.15, -0.1) is 0 Å². The molecule has 0 bridgehead atoms. The Balaban J connectivity index is 2.73. The van der Waals surface area contributed by atoms with Crippen molar-refractivity contribution in [1.82, 2.24) is 9.78 Å². The molecular weight excluding hydrogens is 206 g/mol. The van der Waals surface area contributed by atoms with E-state index in [2.05, 4.69) is 9.84 Å². The average molecular weight is 225 g/mol. The Hall–Kier alpha value is -1.36. The van der Waals surface area contributed by atoms with Crippen molar-refractivity contribution in [3.63, 3.8) is 0 Å². The standard InChI is InChI=1S/C11H19N3O2/c1-7-11(8(2)14(3)13-7)9(12)5-6-10(15)16-4/h9H,5-6,12H2,1-4H3. The normalized spacial score (nSPS) is 12.6. The van der Waals surface area contributed by atoms with Crippen LogP contribution in [0, 0.1) is 13.8 Å². The minimum atomic E-state index is -0.227. The maximum atomic E-state index is 11.0. The van der Waals surface area contributed by atoms with Gasteiger partial charge in [-0.05, 0) is 20.3 Å². The quantitative estimate of drug-likeness (QED) is 0.776. The summed E-state index contributed by atoms with van der Waals surface area (Å²) in [5, 5.41) is 4.30. The molecule has 0 amide bonds. The van der Waals surface area contributed by atoms with Gasteiger partial charge >= 0.3 is 5.97 Å². The highest BCUT2D eigenvalue weighted by Crippen LogP contribution is 2.22. The molecule has 1 aromatic rings. The zero-order chi connectivity index (χ0) is 12.3. The maximum absolute atomic E-state index is 11.0. The SMILES string of the molecule is COC(=O)CCC(N)c1c(C)nn(C)c1C. The largest absolute Gasteiger partial charge is 0.469 e. The number of aromatic nitrogens is 2. The zero-order valence-electron chi connectivity index (χ0n) is 10.3. The molecule has 0 aliphatic rings. The van der Waals surface area contributed by atoms with Crippen LogP contribution in [0.4, 0.5) is 0 Å². The molecule has 0 spiro atoms. The van der Waals surface area contributed by atoms with E-state index in [1.54, 1.807) is 0 Å². The lowest BCUT2D eigenvalue weighted by atomic mass is 10.0. The molecule has 2 N–H and O–H groups in total. The van der Waals surface area contributed by atoms with Gasteiger partial charge in [0.15, 0.2) is 0 Å². The third-order valence-corrected chi connectivity index (χ3v) is 2.82. The molecule has 1 aromatic heterocycles. The van der Waals surface area contributed by atoms with Gasteiger partial charge in [0.05, 0.1) is 12.8 Å². The fourth-order valence-electron chi connectivity index (χ4n) is 1.85. The van der Waals surface area contributed by atoms with Gasteiger partial charge in [-0.1, -0.05) is 0 Å². The van der Waals surface area contributed by atoms with Crippen molar-refractivity contribution >= 4 is 5.97 Å². The Labute approximate surface area is 95.6 Å². The summed E-state index contributed by atoms with van der Waals surface area (Å²) < 4.78 is 6.40. The highest BCUT2D eigenvalue weighted by molar-refractivity contribution is 5.69. The lowest BCUT2D eigenvalue weighted by molar-refractivity contribution is -0.140. The number of nitrogens with zero attached hydrogens (tertiary/aromatic N) is 2. The molecule has 1 rings (SSSR count). The fraction of sp³-hybridized carbons (Fsp3) is 0.636. The number of ether oxygens (including phenoxy) is 1. The number of carbonyl (C=O) groups is 1. The molecule has 0 fully saturated rings. The second-order valence-corrected chi connectivity index (χ2v) is 3.93. The molecule has 5 heteroatoms. The topological polar surface area (TPSA) is 70.1 Å². The molecule has 16 heavy (non-hydrogen) atoms. The molecule has 1 unspecified atom stereocenters. The minimum Gasteiger partial charge on any atom is -0.469 e. The molecule has 5 nitrogen and oxygen atoms in total. The van der Waals surface area contributed by atoms with Crippen molar-refractivity contribution < 1.29 is 9.53 Å². The van der Waals surface area contributed by atoms with Crippen molar-refractivity contribution in [2.45, 2.75) is 32.7 Å². The number of rotatable bonds is 4. The number of hydrogen-bond donors (Lipinski definition) is 1. The van der Waals surface area contributed by atoms with Gasteiger partial charge in [-0.25, -0.2) is 0 Å². The second kappa shape index (κ2) is 5.12. The third kappa shape index (κ3) is 2.61. The Bertz CT molecular complexity index is 385. The second-order valence-electron chi connectivity index (χ2n) is 3.93. The van der Waals surface area contributed by atoms with E-state index in [0.29, 0.717) is 12.8 Å². The summed E-state index contributed by atoms with van der Waals surface area (Å²) in [4.78, 5) is 11.0. The Morgan fingerprint density at radius 1 is 1.56 bits per heavy atom. The van der Waals surface area contributed by atoms with Crippen LogP contribution < -0.4 is 5.73 Å². The van der Waals surface area contributed by atoms with Gasteiger partial charge in [0, 0.05) is 30.8 Å². The van der Waals surface area contributed by atoms with Gasteiger partial charge in [0.2, 0.25) is 0 Å². The summed E-state index contributed by atoms with van der Waals surface area (Å²) in [6.07, 6.45) is 0.922. The average Bonchev–Trinajstić information content (AvgIpc) is 2.49. The molecule has 90 valence electrons. The van der Waals surface area contributed by atoms with Gasteiger partial charge in [0.25, 0.3) is 0 Å². The number of methoxy groups -OCH3 is 1. The predicted octanol–water partition coefficient (Wildman–Crippen LogP) is 0.990. The van der Waals surface area contributed by atoms with Gasteiger partial charge in [-0.3, -0.25) is 9.48 Å². The highest BCUT2D eigenvalue weighted by atomic mass is 16.5. The Kier molecular flexibility index (Phi) is 4.06. The zero-order valence-corrected chi connectivity index (χ0v) is 10.3. The van der Waals surface area contributed by atoms with E-state index < -0.39 is 0 Å². The van der Waals surface area contributed by atoms with Crippen LogP contribution in [0.3, 0.4) is 0 Å². The summed E-state index contributed by atoms with van der Waals surface area (Å²) in [7, 11) is 3.27. The third-order valence-electron chi connectivity index (χ3n) is 2.82. The van der Waals surface area contributed by atoms with E-state index >= 15 is 0 Å². The molecule has 0 saturated heterocycles. The molecule has 0 aliphatic carbocycles. The van der Waals surface area contributed by atoms with Crippen molar-refractivity contribution in [3.05, 3.63) is 17.0 Å². The molecule has 0 radical (unpaired) electrons. The van der Waals surface area contributed by atoms with Gasteiger partial charge in [0.1, 0.15) is 0 Å². The summed E-state index contributed by atoms with van der Waals surface area (Å²) in [5.41, 5.74) is 9.06. The van der Waals surface area contributed by atoms with Gasteiger partial charge in [-0.2, -0.15) is 5.10 Å². The summed E-state index contributed by atoms with van der Waals surface area (Å²) >= 11 is 0. The minimum absolute atomic E-state index is 0.159. The van der Waals surface area contributed by atoms with Crippen LogP contribution in [0.1, 0.15) is 35.8 Å². The van der Waals surface area contributed by atoms with Crippen LogP contribution in [0.15, 0.2) is 0 Å². The van der Waals surface area contributed by atoms with E-state index in [9.17, 15) is 4.79 Å². The van der Waals surface area contributed by atoms with Crippen molar-refractivity contribution in [1.29, 1.82) is 0 Å². The van der Waals surface area contributed by atoms with E-state index in [1.807, 2.05) is 25.6 Å². The molecule has 0 aliphatic heterocycles. The van der Waals surface area contributed by atoms with Crippen molar-refractivity contribution in [2.24, 2.45) is 12.8 Å². The highest BCUT2D eigenvalue weighted by Gasteiger charge is 2.17. The Morgan fingerprint density at radius 2 is 2.19 bits per heavy atom. The first-order chi connectivity index (χ1) is 7.47. The number of carbonyl (C=O) groups excluding carboxylic acids is 1. The summed E-state index contributed by atoms with van der Waals surface area (Å²) in [6, 6.07) is -0.159. The van der Waals surface area contributed by atoms with Crippen LogP contribution in [0.5, 0.6) is 0 Å². The van der Waals surface area contributed by atoms with E-state index in [-0.39, 0.29) is 12.0 Å². The first-order valence-electron chi connectivity index (χ1n) is 5.29. The smallest absolute Gasteiger partial charge is 0.305 e. The summed E-state index contributed by atoms with van der Waals surface area (Å²) in [5.74, 6) is -0.227. The van der Waals surface area contributed by atoms with Gasteiger partial charge < -0.3 is 10.5 Å². The predicted molar refractivity (Wildman–Crippen MR) is 60.9 cm³/mol. The first kappa shape index (κ1) is 12.7. The van der Waals surface area contributed by atoms with Crippen LogP contribution >= 0.6 is 0 Å². The van der Waals surface area contributed by atoms with Crippen LogP contribution in [0.25, 0.3) is 0 Å². The lowest BCUT2D eigenvalue weighted by Gasteiger charge is -2.11. The first-order valence-corrected chi connectivity index (χ1v) is 5.29. The Morgan fingerprint density at radius 3 is 2.62 bits per heavy atom.